The topological polar surface area (TPSA) is 52.0 Å². The van der Waals surface area contributed by atoms with Crippen LogP contribution in [0.2, 0.25) is 0 Å². The van der Waals surface area contributed by atoms with Gasteiger partial charge in [-0.15, -0.1) is 10.2 Å². The van der Waals surface area contributed by atoms with E-state index in [9.17, 15) is 0 Å². The van der Waals surface area contributed by atoms with Crippen LogP contribution in [-0.2, 0) is 19.5 Å². The first-order chi connectivity index (χ1) is 10.3. The van der Waals surface area contributed by atoms with Crippen LogP contribution in [-0.4, -0.2) is 21.9 Å². The predicted molar refractivity (Wildman–Crippen MR) is 81.2 cm³/mol. The first-order valence-corrected chi connectivity index (χ1v) is 7.57. The Hall–Kier alpha value is -1.88. The molecule has 0 bridgehead atoms. The van der Waals surface area contributed by atoms with E-state index in [4.69, 9.17) is 4.74 Å². The van der Waals surface area contributed by atoms with E-state index in [-0.39, 0.29) is 6.04 Å². The fourth-order valence-electron chi connectivity index (χ4n) is 2.85. The lowest BCUT2D eigenvalue weighted by molar-refractivity contribution is 0.404. The molecule has 0 radical (unpaired) electrons. The molecule has 2 aromatic rings. The number of para-hydroxylation sites is 1. The number of hydrogen-bond donors (Lipinski definition) is 1. The Morgan fingerprint density at radius 1 is 1.29 bits per heavy atom. The number of methoxy groups -OCH3 is 1. The zero-order valence-electron chi connectivity index (χ0n) is 12.7. The highest BCUT2D eigenvalue weighted by Gasteiger charge is 2.19. The van der Waals surface area contributed by atoms with Gasteiger partial charge in [0.2, 0.25) is 0 Å². The van der Waals surface area contributed by atoms with Gasteiger partial charge in [-0.2, -0.15) is 0 Å². The predicted octanol–water partition coefficient (Wildman–Crippen LogP) is 2.47. The van der Waals surface area contributed by atoms with Crippen LogP contribution in [0, 0.1) is 0 Å². The van der Waals surface area contributed by atoms with Gasteiger partial charge in [-0.05, 0) is 25.8 Å². The summed E-state index contributed by atoms with van der Waals surface area (Å²) in [5, 5.41) is 12.2. The molecule has 1 N–H and O–H groups in total. The zero-order valence-corrected chi connectivity index (χ0v) is 12.7. The van der Waals surface area contributed by atoms with Crippen molar-refractivity contribution in [2.45, 2.75) is 45.3 Å². The van der Waals surface area contributed by atoms with Crippen molar-refractivity contribution in [1.82, 2.24) is 20.1 Å². The second kappa shape index (κ2) is 6.26. The molecule has 112 valence electrons. The number of aryl methyl sites for hydroxylation is 1. The van der Waals surface area contributed by atoms with Gasteiger partial charge in [0, 0.05) is 25.1 Å². The molecular weight excluding hydrogens is 264 g/mol. The molecule has 0 saturated heterocycles. The molecule has 1 aromatic heterocycles. The van der Waals surface area contributed by atoms with Crippen LogP contribution in [0.1, 0.15) is 43.0 Å². The molecule has 5 nitrogen and oxygen atoms in total. The van der Waals surface area contributed by atoms with Crippen LogP contribution >= 0.6 is 0 Å². The normalized spacial score (nSPS) is 15.5. The monoisotopic (exact) mass is 286 g/mol. The van der Waals surface area contributed by atoms with E-state index in [0.717, 1.165) is 42.5 Å². The van der Waals surface area contributed by atoms with E-state index >= 15 is 0 Å². The highest BCUT2D eigenvalue weighted by Crippen LogP contribution is 2.21. The number of fused-ring (bicyclic) bond motifs is 1. The van der Waals surface area contributed by atoms with Crippen molar-refractivity contribution in [3.05, 3.63) is 41.5 Å². The fourth-order valence-corrected chi connectivity index (χ4v) is 2.85. The maximum Gasteiger partial charge on any atom is 0.149 e. The summed E-state index contributed by atoms with van der Waals surface area (Å²) in [7, 11) is 1.71. The third-order valence-corrected chi connectivity index (χ3v) is 4.07. The molecule has 0 unspecified atom stereocenters. The minimum atomic E-state index is 0.175. The molecule has 3 rings (SSSR count). The Kier molecular flexibility index (Phi) is 4.20. The van der Waals surface area contributed by atoms with E-state index in [1.54, 1.807) is 7.11 Å². The highest BCUT2D eigenvalue weighted by atomic mass is 16.5. The Morgan fingerprint density at radius 3 is 3.00 bits per heavy atom. The maximum absolute atomic E-state index is 5.39. The average Bonchev–Trinajstić information content (AvgIpc) is 2.97. The number of aromatic nitrogens is 3. The van der Waals surface area contributed by atoms with E-state index in [1.165, 1.54) is 12.8 Å². The van der Waals surface area contributed by atoms with E-state index in [1.807, 2.05) is 18.2 Å². The average molecular weight is 286 g/mol. The van der Waals surface area contributed by atoms with Crippen molar-refractivity contribution in [2.24, 2.45) is 0 Å². The van der Waals surface area contributed by atoms with Crippen molar-refractivity contribution in [1.29, 1.82) is 0 Å². The van der Waals surface area contributed by atoms with Crippen LogP contribution in [0.15, 0.2) is 24.3 Å². The minimum Gasteiger partial charge on any atom is -0.496 e. The van der Waals surface area contributed by atoms with Crippen molar-refractivity contribution in [3.8, 4) is 5.75 Å². The van der Waals surface area contributed by atoms with Gasteiger partial charge < -0.3 is 14.6 Å². The zero-order chi connectivity index (χ0) is 14.7. The van der Waals surface area contributed by atoms with Crippen LogP contribution in [0.5, 0.6) is 5.75 Å². The Bertz CT molecular complexity index is 608. The fraction of sp³-hybridized carbons (Fsp3) is 0.500. The molecule has 1 atom stereocenters. The molecule has 21 heavy (non-hydrogen) atoms. The number of ether oxygens (including phenoxy) is 1. The summed E-state index contributed by atoms with van der Waals surface area (Å²) in [6.45, 7) is 3.94. The summed E-state index contributed by atoms with van der Waals surface area (Å²) in [4.78, 5) is 0. The van der Waals surface area contributed by atoms with Crippen LogP contribution in [0.3, 0.4) is 0 Å². The molecular formula is C16H22N4O. The van der Waals surface area contributed by atoms with Crippen LogP contribution in [0.25, 0.3) is 0 Å². The van der Waals surface area contributed by atoms with Crippen molar-refractivity contribution < 1.29 is 4.74 Å². The lowest BCUT2D eigenvalue weighted by Crippen LogP contribution is -2.23. The summed E-state index contributed by atoms with van der Waals surface area (Å²) in [5.41, 5.74) is 1.16. The first kappa shape index (κ1) is 14.1. The smallest absolute Gasteiger partial charge is 0.149 e. The lowest BCUT2D eigenvalue weighted by Gasteiger charge is -2.19. The molecule has 0 saturated carbocycles. The Labute approximate surface area is 125 Å². The third-order valence-electron chi connectivity index (χ3n) is 4.07. The van der Waals surface area contributed by atoms with Gasteiger partial charge in [-0.3, -0.25) is 0 Å². The molecule has 1 aromatic carbocycles. The lowest BCUT2D eigenvalue weighted by atomic mass is 10.1. The second-order valence-electron chi connectivity index (χ2n) is 5.50. The van der Waals surface area contributed by atoms with Gasteiger partial charge in [-0.1, -0.05) is 18.2 Å². The largest absolute Gasteiger partial charge is 0.496 e. The number of benzene rings is 1. The standard InChI is InChI=1S/C16H22N4O/c1-12(16-19-18-15-9-5-6-10-20(15)16)17-11-13-7-3-4-8-14(13)21-2/h3-4,7-8,12,17H,5-6,9-11H2,1-2H3/t12-/m0/s1. The van der Waals surface area contributed by atoms with Crippen molar-refractivity contribution in [2.75, 3.05) is 7.11 Å². The van der Waals surface area contributed by atoms with Gasteiger partial charge in [0.05, 0.1) is 13.2 Å². The summed E-state index contributed by atoms with van der Waals surface area (Å²) >= 11 is 0. The number of hydrogen-bond acceptors (Lipinski definition) is 4. The highest BCUT2D eigenvalue weighted by molar-refractivity contribution is 5.33. The van der Waals surface area contributed by atoms with E-state index in [0.29, 0.717) is 0 Å². The van der Waals surface area contributed by atoms with Gasteiger partial charge in [0.15, 0.2) is 0 Å². The van der Waals surface area contributed by atoms with Crippen LogP contribution in [0.4, 0.5) is 0 Å². The molecule has 0 amide bonds. The SMILES string of the molecule is COc1ccccc1CN[C@@H](C)c1nnc2n1CCCC2. The quantitative estimate of drug-likeness (QED) is 0.917. The summed E-state index contributed by atoms with van der Waals surface area (Å²) < 4.78 is 7.65. The number of rotatable bonds is 5. The van der Waals surface area contributed by atoms with Gasteiger partial charge >= 0.3 is 0 Å². The summed E-state index contributed by atoms with van der Waals surface area (Å²) in [6.07, 6.45) is 3.49. The summed E-state index contributed by atoms with van der Waals surface area (Å²) in [5.74, 6) is 3.09. The molecule has 1 aliphatic heterocycles. The van der Waals surface area contributed by atoms with Gasteiger partial charge in [0.25, 0.3) is 0 Å². The van der Waals surface area contributed by atoms with Crippen molar-refractivity contribution >= 4 is 0 Å². The maximum atomic E-state index is 5.39. The third kappa shape index (κ3) is 2.93. The molecule has 1 aliphatic rings. The number of nitrogens with one attached hydrogen (secondary N) is 1. The van der Waals surface area contributed by atoms with Crippen molar-refractivity contribution in [3.63, 3.8) is 0 Å². The molecule has 0 fully saturated rings. The van der Waals surface area contributed by atoms with Gasteiger partial charge in [0.1, 0.15) is 17.4 Å². The molecule has 2 heterocycles. The minimum absolute atomic E-state index is 0.175. The van der Waals surface area contributed by atoms with E-state index < -0.39 is 0 Å². The molecule has 0 aliphatic carbocycles. The summed E-state index contributed by atoms with van der Waals surface area (Å²) in [6, 6.07) is 8.26. The van der Waals surface area contributed by atoms with Crippen LogP contribution < -0.4 is 10.1 Å². The first-order valence-electron chi connectivity index (χ1n) is 7.57. The molecule has 5 heteroatoms. The van der Waals surface area contributed by atoms with E-state index in [2.05, 4.69) is 33.1 Å². The molecule has 0 spiro atoms. The Morgan fingerprint density at radius 2 is 2.14 bits per heavy atom. The Balaban J connectivity index is 1.69. The van der Waals surface area contributed by atoms with Gasteiger partial charge in [-0.25, -0.2) is 0 Å². The number of nitrogens with zero attached hydrogens (tertiary/aromatic N) is 3. The second-order valence-corrected chi connectivity index (χ2v) is 5.50.